The summed E-state index contributed by atoms with van der Waals surface area (Å²) in [6.45, 7) is 3.80. The summed E-state index contributed by atoms with van der Waals surface area (Å²) in [5.41, 5.74) is 0.220. The predicted octanol–water partition coefficient (Wildman–Crippen LogP) is 3.49. The minimum absolute atomic E-state index is 0.123. The van der Waals surface area contributed by atoms with Gasteiger partial charge in [-0.15, -0.1) is 0 Å². The van der Waals surface area contributed by atoms with Crippen molar-refractivity contribution in [2.45, 2.75) is 32.7 Å². The Labute approximate surface area is 128 Å². The monoisotopic (exact) mass is 317 g/mol. The van der Waals surface area contributed by atoms with Crippen LogP contribution in [0.3, 0.4) is 0 Å². The third kappa shape index (κ3) is 4.69. The summed E-state index contributed by atoms with van der Waals surface area (Å²) in [5.74, 6) is -0.0765. The summed E-state index contributed by atoms with van der Waals surface area (Å²) in [4.78, 5) is 22.7. The molecule has 0 bridgehead atoms. The van der Waals surface area contributed by atoms with Gasteiger partial charge in [0, 0.05) is 11.1 Å². The molecule has 1 amide bonds. The van der Waals surface area contributed by atoms with Crippen LogP contribution in [0.2, 0.25) is 10.0 Å². The number of hydrogen-bond acceptors (Lipinski definition) is 3. The maximum Gasteiger partial charge on any atom is 0.258 e. The molecule has 1 aromatic carbocycles. The first-order valence-electron chi connectivity index (χ1n) is 6.38. The zero-order valence-corrected chi connectivity index (χ0v) is 12.9. The molecule has 0 aromatic heterocycles. The summed E-state index contributed by atoms with van der Waals surface area (Å²) >= 11 is 11.7. The van der Waals surface area contributed by atoms with E-state index in [-0.39, 0.29) is 34.9 Å². The number of nitrogens with one attached hydrogen (secondary N) is 1. The number of halogens is 2. The Hall–Kier alpha value is -1.26. The number of hydrogen-bond donors (Lipinski definition) is 1. The van der Waals surface area contributed by atoms with E-state index in [2.05, 4.69) is 5.32 Å². The second-order valence-corrected chi connectivity index (χ2v) is 5.14. The number of ether oxygens (including phenoxy) is 1. The number of aldehydes is 1. The maximum absolute atomic E-state index is 11.7. The number of rotatable bonds is 7. The Kier molecular flexibility index (Phi) is 6.82. The normalized spacial score (nSPS) is 10.4. The fourth-order valence-electron chi connectivity index (χ4n) is 1.72. The van der Waals surface area contributed by atoms with Gasteiger partial charge in [-0.05, 0) is 25.0 Å². The van der Waals surface area contributed by atoms with Crippen LogP contribution in [0.15, 0.2) is 12.1 Å². The molecule has 1 rings (SSSR count). The van der Waals surface area contributed by atoms with E-state index in [1.807, 2.05) is 13.8 Å². The SMILES string of the molecule is CCC(CC)NC(=O)COc1c(Cl)cc(Cl)cc1C=O. The van der Waals surface area contributed by atoms with Crippen molar-refractivity contribution >= 4 is 35.4 Å². The summed E-state index contributed by atoms with van der Waals surface area (Å²) < 4.78 is 5.33. The molecule has 0 spiro atoms. The molecule has 0 atom stereocenters. The van der Waals surface area contributed by atoms with Crippen molar-refractivity contribution < 1.29 is 14.3 Å². The maximum atomic E-state index is 11.7. The molecule has 0 aliphatic rings. The van der Waals surface area contributed by atoms with E-state index in [1.54, 1.807) is 0 Å². The quantitative estimate of drug-likeness (QED) is 0.783. The fraction of sp³-hybridized carbons (Fsp3) is 0.429. The third-order valence-electron chi connectivity index (χ3n) is 2.86. The van der Waals surface area contributed by atoms with Gasteiger partial charge in [-0.1, -0.05) is 37.0 Å². The van der Waals surface area contributed by atoms with Gasteiger partial charge in [-0.3, -0.25) is 9.59 Å². The number of carbonyl (C=O) groups is 2. The van der Waals surface area contributed by atoms with E-state index >= 15 is 0 Å². The Morgan fingerprint density at radius 1 is 1.35 bits per heavy atom. The minimum atomic E-state index is -0.249. The lowest BCUT2D eigenvalue weighted by Crippen LogP contribution is -2.37. The van der Waals surface area contributed by atoms with Crippen molar-refractivity contribution in [2.75, 3.05) is 6.61 Å². The fourth-order valence-corrected chi connectivity index (χ4v) is 2.28. The zero-order valence-electron chi connectivity index (χ0n) is 11.4. The second kappa shape index (κ2) is 8.12. The molecule has 1 aromatic rings. The van der Waals surface area contributed by atoms with Gasteiger partial charge in [0.25, 0.3) is 5.91 Å². The molecule has 4 nitrogen and oxygen atoms in total. The standard InChI is InChI=1S/C14H17Cl2NO3/c1-3-11(4-2)17-13(19)8-20-14-9(7-18)5-10(15)6-12(14)16/h5-7,11H,3-4,8H2,1-2H3,(H,17,19). The average molecular weight is 318 g/mol. The summed E-state index contributed by atoms with van der Waals surface area (Å²) in [6, 6.07) is 3.02. The van der Waals surface area contributed by atoms with Crippen LogP contribution in [0.4, 0.5) is 0 Å². The molecule has 0 saturated carbocycles. The van der Waals surface area contributed by atoms with E-state index in [4.69, 9.17) is 27.9 Å². The minimum Gasteiger partial charge on any atom is -0.481 e. The van der Waals surface area contributed by atoms with Gasteiger partial charge in [0.15, 0.2) is 12.9 Å². The van der Waals surface area contributed by atoms with E-state index in [0.717, 1.165) is 12.8 Å². The lowest BCUT2D eigenvalue weighted by molar-refractivity contribution is -0.123. The molecule has 0 heterocycles. The molecule has 110 valence electrons. The molecule has 0 saturated heterocycles. The molecular weight excluding hydrogens is 301 g/mol. The zero-order chi connectivity index (χ0) is 15.1. The molecular formula is C14H17Cl2NO3. The van der Waals surface area contributed by atoms with Gasteiger partial charge in [0.05, 0.1) is 10.6 Å². The highest BCUT2D eigenvalue weighted by molar-refractivity contribution is 6.36. The van der Waals surface area contributed by atoms with E-state index < -0.39 is 0 Å². The third-order valence-corrected chi connectivity index (χ3v) is 3.36. The molecule has 6 heteroatoms. The summed E-state index contributed by atoms with van der Waals surface area (Å²) in [7, 11) is 0. The van der Waals surface area contributed by atoms with Crippen LogP contribution in [-0.2, 0) is 4.79 Å². The highest BCUT2D eigenvalue weighted by Crippen LogP contribution is 2.31. The van der Waals surface area contributed by atoms with Gasteiger partial charge in [-0.25, -0.2) is 0 Å². The second-order valence-electron chi connectivity index (χ2n) is 4.29. The Balaban J connectivity index is 2.70. The average Bonchev–Trinajstić information content (AvgIpc) is 2.42. The first-order chi connectivity index (χ1) is 9.51. The van der Waals surface area contributed by atoms with Gasteiger partial charge >= 0.3 is 0 Å². The van der Waals surface area contributed by atoms with Gasteiger partial charge < -0.3 is 10.1 Å². The van der Waals surface area contributed by atoms with Crippen LogP contribution in [0.1, 0.15) is 37.0 Å². The van der Waals surface area contributed by atoms with E-state index in [0.29, 0.717) is 11.3 Å². The van der Waals surface area contributed by atoms with E-state index in [9.17, 15) is 9.59 Å². The lowest BCUT2D eigenvalue weighted by Gasteiger charge is -2.16. The highest BCUT2D eigenvalue weighted by atomic mass is 35.5. The Bertz CT molecular complexity index is 488. The molecule has 0 aliphatic heterocycles. The molecule has 0 radical (unpaired) electrons. The largest absolute Gasteiger partial charge is 0.481 e. The number of carbonyl (C=O) groups excluding carboxylic acids is 2. The number of benzene rings is 1. The highest BCUT2D eigenvalue weighted by Gasteiger charge is 2.13. The first-order valence-corrected chi connectivity index (χ1v) is 7.13. The van der Waals surface area contributed by atoms with Crippen molar-refractivity contribution in [1.82, 2.24) is 5.32 Å². The van der Waals surface area contributed by atoms with Crippen LogP contribution in [0.5, 0.6) is 5.75 Å². The van der Waals surface area contributed by atoms with Gasteiger partial charge in [0.1, 0.15) is 5.75 Å². The predicted molar refractivity (Wildman–Crippen MR) is 79.9 cm³/mol. The van der Waals surface area contributed by atoms with Crippen LogP contribution in [-0.4, -0.2) is 24.8 Å². The van der Waals surface area contributed by atoms with Crippen LogP contribution >= 0.6 is 23.2 Å². The van der Waals surface area contributed by atoms with Crippen LogP contribution < -0.4 is 10.1 Å². The van der Waals surface area contributed by atoms with Gasteiger partial charge in [0.2, 0.25) is 0 Å². The number of amides is 1. The Morgan fingerprint density at radius 3 is 2.55 bits per heavy atom. The van der Waals surface area contributed by atoms with Crippen molar-refractivity contribution in [3.05, 3.63) is 27.7 Å². The lowest BCUT2D eigenvalue weighted by atomic mass is 10.2. The van der Waals surface area contributed by atoms with Crippen LogP contribution in [0, 0.1) is 0 Å². The molecule has 20 heavy (non-hydrogen) atoms. The summed E-state index contributed by atoms with van der Waals surface area (Å²) in [5, 5.41) is 3.38. The summed E-state index contributed by atoms with van der Waals surface area (Å²) in [6.07, 6.45) is 2.29. The molecule has 0 fully saturated rings. The van der Waals surface area contributed by atoms with Crippen molar-refractivity contribution in [3.63, 3.8) is 0 Å². The van der Waals surface area contributed by atoms with Crippen molar-refractivity contribution in [2.24, 2.45) is 0 Å². The van der Waals surface area contributed by atoms with Crippen LogP contribution in [0.25, 0.3) is 0 Å². The van der Waals surface area contributed by atoms with E-state index in [1.165, 1.54) is 12.1 Å². The van der Waals surface area contributed by atoms with Crippen molar-refractivity contribution in [1.29, 1.82) is 0 Å². The topological polar surface area (TPSA) is 55.4 Å². The van der Waals surface area contributed by atoms with Crippen molar-refractivity contribution in [3.8, 4) is 5.75 Å². The molecule has 0 aliphatic carbocycles. The smallest absolute Gasteiger partial charge is 0.258 e. The molecule has 0 unspecified atom stereocenters. The Morgan fingerprint density at radius 2 is 2.00 bits per heavy atom. The first kappa shape index (κ1) is 16.8. The molecule has 1 N–H and O–H groups in total. The van der Waals surface area contributed by atoms with Gasteiger partial charge in [-0.2, -0.15) is 0 Å².